The van der Waals surface area contributed by atoms with Crippen molar-refractivity contribution in [2.75, 3.05) is 0 Å². The molecule has 7 unspecified atom stereocenters. The lowest BCUT2D eigenvalue weighted by Gasteiger charge is -2.49. The molecule has 3 heterocycles. The summed E-state index contributed by atoms with van der Waals surface area (Å²) in [4.78, 5) is 2.73. The quantitative estimate of drug-likeness (QED) is 0.218. The number of rotatable bonds is 5. The van der Waals surface area contributed by atoms with Gasteiger partial charge in [0.2, 0.25) is 0 Å². The van der Waals surface area contributed by atoms with E-state index in [4.69, 9.17) is 5.32 Å². The summed E-state index contributed by atoms with van der Waals surface area (Å²) >= 11 is 0. The van der Waals surface area contributed by atoms with Crippen molar-refractivity contribution in [2.45, 2.75) is 81.6 Å². The Morgan fingerprint density at radius 2 is 1.60 bits per heavy atom. The van der Waals surface area contributed by atoms with Gasteiger partial charge in [-0.1, -0.05) is 177 Å². The molecular formula is C59H53N4-. The molecule has 0 bridgehead atoms. The van der Waals surface area contributed by atoms with Crippen LogP contribution in [0.4, 0.5) is 0 Å². The van der Waals surface area contributed by atoms with Gasteiger partial charge in [0.1, 0.15) is 0 Å². The Balaban J connectivity index is 0.857. The summed E-state index contributed by atoms with van der Waals surface area (Å²) in [6.07, 6.45) is 49.3. The van der Waals surface area contributed by atoms with Crippen molar-refractivity contribution in [3.63, 3.8) is 0 Å². The zero-order valence-electron chi connectivity index (χ0n) is 36.2. The van der Waals surface area contributed by atoms with Gasteiger partial charge in [0.15, 0.2) is 0 Å². The molecule has 3 aromatic carbocycles. The number of nitrogens with zero attached hydrogens (tertiary/aromatic N) is 3. The summed E-state index contributed by atoms with van der Waals surface area (Å²) < 4.78 is 2.54. The van der Waals surface area contributed by atoms with Crippen molar-refractivity contribution in [1.82, 2.24) is 14.8 Å². The first-order chi connectivity index (χ1) is 31.0. The predicted molar refractivity (Wildman–Crippen MR) is 261 cm³/mol. The zero-order chi connectivity index (χ0) is 41.8. The number of hydrogen-bond donors (Lipinski definition) is 1. The molecule has 7 atom stereocenters. The molecule has 0 fully saturated rings. The normalized spacial score (nSPS) is 29.4. The van der Waals surface area contributed by atoms with Crippen molar-refractivity contribution in [3.8, 4) is 5.69 Å². The maximum atomic E-state index is 5.39. The van der Waals surface area contributed by atoms with Crippen LogP contribution in [0.1, 0.15) is 68.6 Å². The van der Waals surface area contributed by atoms with E-state index in [0.717, 1.165) is 32.1 Å². The lowest BCUT2D eigenvalue weighted by molar-refractivity contribution is 0.244. The lowest BCUT2D eigenvalue weighted by atomic mass is 9.73. The first kappa shape index (κ1) is 37.2. The molecule has 0 saturated carbocycles. The molecule has 4 aromatic rings. The van der Waals surface area contributed by atoms with Crippen LogP contribution in [-0.2, 0) is 5.41 Å². The fourth-order valence-corrected chi connectivity index (χ4v) is 12.6. The van der Waals surface area contributed by atoms with Crippen LogP contribution >= 0.6 is 0 Å². The van der Waals surface area contributed by atoms with Gasteiger partial charge in [0, 0.05) is 39.7 Å². The average molecular weight is 818 g/mol. The number of para-hydroxylation sites is 1. The van der Waals surface area contributed by atoms with E-state index in [0.29, 0.717) is 29.8 Å². The third-order valence-corrected chi connectivity index (χ3v) is 15.7. The Hall–Kier alpha value is -6.36. The molecule has 63 heavy (non-hydrogen) atoms. The maximum absolute atomic E-state index is 5.39. The third kappa shape index (κ3) is 5.77. The monoisotopic (exact) mass is 817 g/mol. The first-order valence-corrected chi connectivity index (χ1v) is 23.4. The Bertz CT molecular complexity index is 3060. The second-order valence-electron chi connectivity index (χ2n) is 19.4. The Morgan fingerprint density at radius 3 is 2.51 bits per heavy atom. The maximum Gasteiger partial charge on any atom is 0.0583 e. The summed E-state index contributed by atoms with van der Waals surface area (Å²) in [5.41, 5.74) is 17.6. The highest BCUT2D eigenvalue weighted by Crippen LogP contribution is 2.55. The summed E-state index contributed by atoms with van der Waals surface area (Å²) in [6.45, 7) is 4.93. The first-order valence-electron chi connectivity index (χ1n) is 23.4. The number of aromatic nitrogens is 1. The third-order valence-electron chi connectivity index (χ3n) is 15.7. The van der Waals surface area contributed by atoms with Crippen LogP contribution in [0.3, 0.4) is 0 Å². The Kier molecular flexibility index (Phi) is 8.47. The van der Waals surface area contributed by atoms with Gasteiger partial charge in [0.25, 0.3) is 0 Å². The van der Waals surface area contributed by atoms with Crippen LogP contribution in [0.5, 0.6) is 0 Å². The molecule has 4 nitrogen and oxygen atoms in total. The summed E-state index contributed by atoms with van der Waals surface area (Å²) in [7, 11) is 0. The van der Waals surface area contributed by atoms with E-state index in [2.05, 4.69) is 205 Å². The van der Waals surface area contributed by atoms with E-state index in [1.165, 1.54) is 83.4 Å². The molecule has 1 N–H and O–H groups in total. The molecule has 9 aliphatic rings. The van der Waals surface area contributed by atoms with Gasteiger partial charge >= 0.3 is 0 Å². The minimum absolute atomic E-state index is 0.0655. The number of nitrogens with one attached hydrogen (secondary N) is 1. The standard InChI is InChI=1S/C59H53N4/c1-59(2)50-34-40(58-60-52-22-12-9-21-48(52)57(61-58)37-15-5-3-6-16-37)26-29-43(50)44-31-28-42(36-51(44)59)63-53-23-13-10-19-45(53)47-30-25-39(35-56(47)63)38-27-32-55-49(33-38)46-20-11-14-24-54(46)62(55)41-17-7-4-8-18-41/h3-5,7-15,17,19-26,28-31,33-36,41,43,46,50,52,54,58,61H,6,16,18,27,32H2,1-2H3/q-1. The highest BCUT2D eigenvalue weighted by Gasteiger charge is 2.46. The molecular weight excluding hydrogens is 765 g/mol. The van der Waals surface area contributed by atoms with Gasteiger partial charge in [-0.2, -0.15) is 0 Å². The minimum Gasteiger partial charge on any atom is -0.629 e. The zero-order valence-corrected chi connectivity index (χ0v) is 36.2. The molecule has 0 amide bonds. The summed E-state index contributed by atoms with van der Waals surface area (Å²) in [5, 5.41) is 11.9. The van der Waals surface area contributed by atoms with Gasteiger partial charge in [-0.05, 0) is 113 Å². The lowest BCUT2D eigenvalue weighted by Crippen LogP contribution is -2.40. The van der Waals surface area contributed by atoms with Crippen LogP contribution in [0.25, 0.3) is 38.4 Å². The van der Waals surface area contributed by atoms with E-state index in [-0.39, 0.29) is 17.6 Å². The number of hydrogen-bond acceptors (Lipinski definition) is 2. The van der Waals surface area contributed by atoms with Crippen LogP contribution < -0.4 is 5.32 Å². The van der Waals surface area contributed by atoms with Crippen molar-refractivity contribution >= 4 is 27.4 Å². The van der Waals surface area contributed by atoms with Gasteiger partial charge in [-0.25, -0.2) is 0 Å². The number of fused-ring (bicyclic) bond motifs is 9. The molecule has 7 aliphatic carbocycles. The highest BCUT2D eigenvalue weighted by atomic mass is 15.2. The van der Waals surface area contributed by atoms with Crippen LogP contribution in [0.2, 0.25) is 0 Å². The largest absolute Gasteiger partial charge is 0.629 e. The molecule has 13 rings (SSSR count). The summed E-state index contributed by atoms with van der Waals surface area (Å²) in [5.74, 6) is 1.06. The van der Waals surface area contributed by atoms with Crippen molar-refractivity contribution in [2.24, 2.45) is 11.8 Å². The van der Waals surface area contributed by atoms with E-state index in [1.807, 2.05) is 0 Å². The van der Waals surface area contributed by atoms with Gasteiger partial charge in [-0.15, -0.1) is 0 Å². The average Bonchev–Trinajstić information content (AvgIpc) is 3.93. The van der Waals surface area contributed by atoms with E-state index in [1.54, 1.807) is 0 Å². The fourth-order valence-electron chi connectivity index (χ4n) is 12.6. The smallest absolute Gasteiger partial charge is 0.0583 e. The molecule has 0 radical (unpaired) electrons. The van der Waals surface area contributed by atoms with Crippen molar-refractivity contribution in [1.29, 1.82) is 0 Å². The van der Waals surface area contributed by atoms with Gasteiger partial charge in [-0.3, -0.25) is 0 Å². The molecule has 0 spiro atoms. The van der Waals surface area contributed by atoms with Crippen LogP contribution in [0.15, 0.2) is 210 Å². The number of benzene rings is 3. The van der Waals surface area contributed by atoms with Gasteiger partial charge in [0.05, 0.1) is 23.1 Å². The van der Waals surface area contributed by atoms with Gasteiger partial charge < -0.3 is 20.1 Å². The van der Waals surface area contributed by atoms with Crippen LogP contribution in [-0.4, -0.2) is 33.8 Å². The van der Waals surface area contributed by atoms with E-state index in [9.17, 15) is 0 Å². The van der Waals surface area contributed by atoms with E-state index >= 15 is 0 Å². The molecule has 0 saturated heterocycles. The van der Waals surface area contributed by atoms with Crippen molar-refractivity contribution in [3.05, 3.63) is 232 Å². The predicted octanol–water partition coefficient (Wildman–Crippen LogP) is 13.3. The number of allylic oxidation sites excluding steroid dienone is 15. The molecule has 4 heteroatoms. The fraction of sp³-hybridized carbons (Fsp3) is 0.254. The van der Waals surface area contributed by atoms with Crippen LogP contribution in [0, 0.1) is 11.8 Å². The van der Waals surface area contributed by atoms with Crippen molar-refractivity contribution < 1.29 is 0 Å². The molecule has 1 aromatic heterocycles. The second kappa shape index (κ2) is 14.3. The minimum atomic E-state index is -0.0885. The Labute approximate surface area is 371 Å². The second-order valence-corrected chi connectivity index (χ2v) is 19.4. The summed E-state index contributed by atoms with van der Waals surface area (Å²) in [6, 6.07) is 24.5. The SMILES string of the molecule is CC1(C)c2cc(-n3c4ccccc4c4ccc(C5=CC6=C(CC5)N(C5C=CC=CC5)C5C=CC=CC65)cc43)ccc2C2C=CC(C3[N-]C4C=CC=CC4=C(C4=CC=CCC4)N3)=CC21. The van der Waals surface area contributed by atoms with E-state index < -0.39 is 0 Å². The highest BCUT2D eigenvalue weighted by molar-refractivity contribution is 6.10. The molecule has 310 valence electrons. The molecule has 2 aliphatic heterocycles. The topological polar surface area (TPSA) is 34.3 Å². The Morgan fingerprint density at radius 1 is 0.714 bits per heavy atom.